The highest BCUT2D eigenvalue weighted by Gasteiger charge is 2.38. The van der Waals surface area contributed by atoms with Crippen molar-refractivity contribution in [2.75, 3.05) is 11.9 Å². The molecule has 0 bridgehead atoms. The Morgan fingerprint density at radius 2 is 1.29 bits per heavy atom. The molecule has 0 N–H and O–H groups in total. The molecule has 4 aromatic rings. The Morgan fingerprint density at radius 3 is 1.90 bits per heavy atom. The molecule has 5 heteroatoms. The van der Waals surface area contributed by atoms with Gasteiger partial charge >= 0.3 is 0 Å². The third kappa shape index (κ3) is 3.10. The highest BCUT2D eigenvalue weighted by molar-refractivity contribution is 7.80. The second-order valence-corrected chi connectivity index (χ2v) is 7.78. The summed E-state index contributed by atoms with van der Waals surface area (Å²) in [5.74, 6) is -0.824. The van der Waals surface area contributed by atoms with E-state index in [9.17, 15) is 9.59 Å². The van der Waals surface area contributed by atoms with E-state index in [1.807, 2.05) is 66.7 Å². The largest absolute Gasteiger partial charge is 0.287 e. The van der Waals surface area contributed by atoms with E-state index in [1.165, 1.54) is 9.80 Å². The minimum absolute atomic E-state index is 0.0847. The molecule has 0 atom stereocenters. The molecule has 1 aliphatic rings. The van der Waals surface area contributed by atoms with Crippen LogP contribution < -0.4 is 4.90 Å². The molecule has 0 aromatic heterocycles. The number of hydrogen-bond donors (Lipinski definition) is 0. The van der Waals surface area contributed by atoms with Gasteiger partial charge < -0.3 is 0 Å². The smallest absolute Gasteiger partial charge is 0.270 e. The predicted molar refractivity (Wildman–Crippen MR) is 129 cm³/mol. The number of benzene rings is 4. The van der Waals surface area contributed by atoms with Crippen LogP contribution in [0.15, 0.2) is 90.5 Å². The Bertz CT molecular complexity index is 1360. The molecule has 0 aliphatic carbocycles. The minimum atomic E-state index is -0.420. The number of fused-ring (bicyclic) bond motifs is 2. The van der Waals surface area contributed by atoms with Crippen LogP contribution >= 0.6 is 12.2 Å². The van der Waals surface area contributed by atoms with Gasteiger partial charge in [-0.25, -0.2) is 0 Å². The van der Waals surface area contributed by atoms with E-state index in [0.717, 1.165) is 27.1 Å². The molecule has 4 nitrogen and oxygen atoms in total. The van der Waals surface area contributed by atoms with Crippen LogP contribution in [0.4, 0.5) is 5.69 Å². The molecule has 5 rings (SSSR count). The Morgan fingerprint density at radius 1 is 0.742 bits per heavy atom. The molecule has 0 radical (unpaired) electrons. The molecule has 0 unspecified atom stereocenters. The van der Waals surface area contributed by atoms with Gasteiger partial charge in [-0.3, -0.25) is 19.4 Å². The summed E-state index contributed by atoms with van der Waals surface area (Å²) >= 11 is 5.44. The number of likely N-dealkylation sites (N-methyl/N-ethyl adjacent to an activating group) is 1. The lowest BCUT2D eigenvalue weighted by molar-refractivity contribution is -0.127. The fraction of sp³-hybridized carbons (Fsp3) is 0.0385. The zero-order valence-corrected chi connectivity index (χ0v) is 17.6. The summed E-state index contributed by atoms with van der Waals surface area (Å²) in [6.45, 7) is 0. The van der Waals surface area contributed by atoms with Gasteiger partial charge in [-0.2, -0.15) is 0 Å². The van der Waals surface area contributed by atoms with Crippen molar-refractivity contribution in [3.05, 3.63) is 96.1 Å². The number of rotatable bonds is 2. The molecule has 1 saturated heterocycles. The van der Waals surface area contributed by atoms with Crippen LogP contribution in [0, 0.1) is 0 Å². The first-order chi connectivity index (χ1) is 15.1. The van der Waals surface area contributed by atoms with Crippen LogP contribution in [-0.2, 0) is 9.59 Å². The summed E-state index contributed by atoms with van der Waals surface area (Å²) in [5.41, 5.74) is 1.56. The van der Waals surface area contributed by atoms with Crippen LogP contribution in [-0.4, -0.2) is 28.9 Å². The van der Waals surface area contributed by atoms with Gasteiger partial charge in [-0.1, -0.05) is 66.7 Å². The minimum Gasteiger partial charge on any atom is -0.287 e. The van der Waals surface area contributed by atoms with Crippen LogP contribution in [0.3, 0.4) is 0 Å². The first kappa shape index (κ1) is 19.2. The number of para-hydroxylation sites is 1. The lowest BCUT2D eigenvalue weighted by Crippen LogP contribution is -2.54. The highest BCUT2D eigenvalue weighted by atomic mass is 32.1. The van der Waals surface area contributed by atoms with Crippen molar-refractivity contribution >= 4 is 62.5 Å². The standard InChI is InChI=1S/C26H18N2O2S/c1-27-24(29)23(25(30)28(26(27)31)19-11-3-2-4-12-19)16-22-20-13-7-5-9-17(20)15-18-10-6-8-14-21(18)22/h2-16H,1H3. The third-order valence-electron chi connectivity index (χ3n) is 5.56. The predicted octanol–water partition coefficient (Wildman–Crippen LogP) is 5.17. The molecule has 0 spiro atoms. The van der Waals surface area contributed by atoms with E-state index >= 15 is 0 Å². The van der Waals surface area contributed by atoms with Crippen molar-refractivity contribution < 1.29 is 9.59 Å². The van der Waals surface area contributed by atoms with Crippen LogP contribution in [0.1, 0.15) is 5.56 Å². The monoisotopic (exact) mass is 422 g/mol. The van der Waals surface area contributed by atoms with Crippen LogP contribution in [0.2, 0.25) is 0 Å². The van der Waals surface area contributed by atoms with Crippen molar-refractivity contribution in [1.29, 1.82) is 0 Å². The molecule has 150 valence electrons. The zero-order chi connectivity index (χ0) is 21.5. The molecule has 0 saturated carbocycles. The lowest BCUT2D eigenvalue weighted by atomic mass is 9.94. The number of anilines is 1. The fourth-order valence-corrected chi connectivity index (χ4v) is 4.26. The Balaban J connectivity index is 1.76. The number of carbonyl (C=O) groups is 2. The first-order valence-corrected chi connectivity index (χ1v) is 10.3. The maximum absolute atomic E-state index is 13.5. The first-order valence-electron chi connectivity index (χ1n) is 9.90. The maximum Gasteiger partial charge on any atom is 0.270 e. The van der Waals surface area contributed by atoms with Crippen molar-refractivity contribution in [1.82, 2.24) is 4.90 Å². The molecule has 4 aromatic carbocycles. The number of thiocarbonyl (C=S) groups is 1. The molecule has 31 heavy (non-hydrogen) atoms. The summed E-state index contributed by atoms with van der Waals surface area (Å²) in [4.78, 5) is 29.4. The fourth-order valence-electron chi connectivity index (χ4n) is 3.99. The van der Waals surface area contributed by atoms with Gasteiger partial charge in [-0.15, -0.1) is 0 Å². The van der Waals surface area contributed by atoms with Crippen molar-refractivity contribution in [3.8, 4) is 0 Å². The number of carbonyl (C=O) groups excluding carboxylic acids is 2. The summed E-state index contributed by atoms with van der Waals surface area (Å²) in [6, 6.07) is 27.2. The van der Waals surface area contributed by atoms with E-state index in [0.29, 0.717) is 5.69 Å². The van der Waals surface area contributed by atoms with E-state index in [-0.39, 0.29) is 10.7 Å². The molecule has 1 heterocycles. The van der Waals surface area contributed by atoms with Gasteiger partial charge in [0, 0.05) is 7.05 Å². The maximum atomic E-state index is 13.5. The van der Waals surface area contributed by atoms with Crippen molar-refractivity contribution in [2.24, 2.45) is 0 Å². The van der Waals surface area contributed by atoms with Gasteiger partial charge in [-0.05, 0) is 63.6 Å². The molecular formula is C26H18N2O2S. The average Bonchev–Trinajstić information content (AvgIpc) is 2.80. The topological polar surface area (TPSA) is 40.6 Å². The molecule has 2 amide bonds. The third-order valence-corrected chi connectivity index (χ3v) is 6.02. The highest BCUT2D eigenvalue weighted by Crippen LogP contribution is 2.32. The summed E-state index contributed by atoms with van der Waals surface area (Å²) in [6.07, 6.45) is 1.71. The second-order valence-electron chi connectivity index (χ2n) is 7.41. The summed E-state index contributed by atoms with van der Waals surface area (Å²) in [5, 5.41) is 4.23. The van der Waals surface area contributed by atoms with Crippen LogP contribution in [0.25, 0.3) is 27.6 Å². The Labute approximate surface area is 185 Å². The average molecular weight is 423 g/mol. The van der Waals surface area contributed by atoms with Crippen molar-refractivity contribution in [3.63, 3.8) is 0 Å². The molecule has 1 fully saturated rings. The van der Waals surface area contributed by atoms with E-state index in [2.05, 4.69) is 6.07 Å². The van der Waals surface area contributed by atoms with Gasteiger partial charge in [0.05, 0.1) is 5.69 Å². The lowest BCUT2D eigenvalue weighted by Gasteiger charge is -2.34. The van der Waals surface area contributed by atoms with Gasteiger partial charge in [0.2, 0.25) is 0 Å². The van der Waals surface area contributed by atoms with E-state index < -0.39 is 11.8 Å². The SMILES string of the molecule is CN1C(=O)C(=Cc2c3ccccc3cc3ccccc23)C(=O)N(c2ccccc2)C1=S. The zero-order valence-electron chi connectivity index (χ0n) is 16.8. The summed E-state index contributed by atoms with van der Waals surface area (Å²) in [7, 11) is 1.60. The normalized spacial score (nSPS) is 16.0. The van der Waals surface area contributed by atoms with E-state index in [4.69, 9.17) is 12.2 Å². The molecular weight excluding hydrogens is 404 g/mol. The van der Waals surface area contributed by atoms with Crippen molar-refractivity contribution in [2.45, 2.75) is 0 Å². The number of hydrogen-bond acceptors (Lipinski definition) is 3. The molecule has 1 aliphatic heterocycles. The number of amides is 2. The summed E-state index contributed by atoms with van der Waals surface area (Å²) < 4.78 is 0. The van der Waals surface area contributed by atoms with Gasteiger partial charge in [0.25, 0.3) is 11.8 Å². The van der Waals surface area contributed by atoms with Crippen LogP contribution in [0.5, 0.6) is 0 Å². The Kier molecular flexibility index (Phi) is 4.60. The Hall–Kier alpha value is -3.83. The van der Waals surface area contributed by atoms with Gasteiger partial charge in [0.15, 0.2) is 5.11 Å². The quantitative estimate of drug-likeness (QED) is 0.194. The van der Waals surface area contributed by atoms with Gasteiger partial charge in [0.1, 0.15) is 5.57 Å². The second kappa shape index (κ2) is 7.45. The van der Waals surface area contributed by atoms with E-state index in [1.54, 1.807) is 25.3 Å². The number of nitrogens with zero attached hydrogens (tertiary/aromatic N) is 2.